The molecule has 140 valence electrons. The fraction of sp³-hybridized carbons (Fsp3) is 0.474. The molecule has 0 spiro atoms. The first kappa shape index (κ1) is 18.5. The van der Waals surface area contributed by atoms with E-state index in [4.69, 9.17) is 9.47 Å². The van der Waals surface area contributed by atoms with Gasteiger partial charge in [0.2, 0.25) is 5.88 Å². The van der Waals surface area contributed by atoms with Crippen molar-refractivity contribution in [2.75, 3.05) is 13.7 Å². The number of halogens is 3. The number of hydrogen-bond acceptors (Lipinski definition) is 4. The molecule has 4 nitrogen and oxygen atoms in total. The Morgan fingerprint density at radius 2 is 1.92 bits per heavy atom. The molecule has 0 radical (unpaired) electrons. The molecule has 1 fully saturated rings. The average molecular weight is 367 g/mol. The molecule has 1 aromatic carbocycles. The minimum atomic E-state index is -4.10. The lowest BCUT2D eigenvalue weighted by molar-refractivity contribution is -0.184. The van der Waals surface area contributed by atoms with Crippen LogP contribution < -0.4 is 4.74 Å². The summed E-state index contributed by atoms with van der Waals surface area (Å²) in [5.74, 6) is -1.09. The first-order valence-electron chi connectivity index (χ1n) is 8.55. The van der Waals surface area contributed by atoms with Gasteiger partial charge in [0, 0.05) is 11.6 Å². The number of aromatic nitrogens is 1. The lowest BCUT2D eigenvalue weighted by Gasteiger charge is -2.29. The van der Waals surface area contributed by atoms with Crippen LogP contribution in [0.3, 0.4) is 0 Å². The maximum Gasteiger partial charge on any atom is 0.391 e. The molecule has 1 aromatic heterocycles. The van der Waals surface area contributed by atoms with Crippen molar-refractivity contribution in [3.05, 3.63) is 36.0 Å². The summed E-state index contributed by atoms with van der Waals surface area (Å²) in [6.07, 6.45) is -1.20. The number of nitrogens with zero attached hydrogens (tertiary/aromatic N) is 1. The molecular formula is C19H20F3NO3. The van der Waals surface area contributed by atoms with Crippen LogP contribution in [-0.4, -0.2) is 30.8 Å². The highest BCUT2D eigenvalue weighted by molar-refractivity contribution is 5.96. The van der Waals surface area contributed by atoms with Crippen LogP contribution in [-0.2, 0) is 4.74 Å². The van der Waals surface area contributed by atoms with Gasteiger partial charge in [-0.1, -0.05) is 0 Å². The number of hydrogen-bond donors (Lipinski definition) is 0. The molecule has 0 amide bonds. The monoisotopic (exact) mass is 367 g/mol. The second kappa shape index (κ2) is 7.51. The van der Waals surface area contributed by atoms with E-state index in [1.165, 1.54) is 7.11 Å². The lowest BCUT2D eigenvalue weighted by atomic mass is 9.82. The summed E-state index contributed by atoms with van der Waals surface area (Å²) in [6.45, 7) is 0.343. The van der Waals surface area contributed by atoms with Gasteiger partial charge in [0.25, 0.3) is 0 Å². The summed E-state index contributed by atoms with van der Waals surface area (Å²) in [5, 5.41) is 1.54. The molecule has 0 N–H and O–H groups in total. The Morgan fingerprint density at radius 1 is 1.19 bits per heavy atom. The van der Waals surface area contributed by atoms with E-state index in [2.05, 4.69) is 4.98 Å². The van der Waals surface area contributed by atoms with Gasteiger partial charge >= 0.3 is 12.1 Å². The van der Waals surface area contributed by atoms with Crippen molar-refractivity contribution in [3.8, 4) is 5.88 Å². The molecule has 0 saturated heterocycles. The molecule has 0 unspecified atom stereocenters. The molecule has 7 heteroatoms. The van der Waals surface area contributed by atoms with Crippen LogP contribution in [0.1, 0.15) is 36.0 Å². The third kappa shape index (κ3) is 4.08. The average Bonchev–Trinajstić information content (AvgIpc) is 2.64. The van der Waals surface area contributed by atoms with Crippen molar-refractivity contribution in [3.63, 3.8) is 0 Å². The highest BCUT2D eigenvalue weighted by Gasteiger charge is 2.41. The van der Waals surface area contributed by atoms with Gasteiger partial charge in [0.15, 0.2) is 0 Å². The van der Waals surface area contributed by atoms with E-state index in [1.807, 2.05) is 0 Å². The summed E-state index contributed by atoms with van der Waals surface area (Å²) in [7, 11) is 1.32. The molecule has 0 bridgehead atoms. The minimum Gasteiger partial charge on any atom is -0.477 e. The Balaban J connectivity index is 1.65. The van der Waals surface area contributed by atoms with E-state index >= 15 is 0 Å². The van der Waals surface area contributed by atoms with Gasteiger partial charge in [-0.2, -0.15) is 13.2 Å². The van der Waals surface area contributed by atoms with E-state index in [0.29, 0.717) is 30.9 Å². The summed E-state index contributed by atoms with van der Waals surface area (Å²) in [4.78, 5) is 15.8. The van der Waals surface area contributed by atoms with Crippen molar-refractivity contribution in [1.82, 2.24) is 4.98 Å². The van der Waals surface area contributed by atoms with E-state index < -0.39 is 18.1 Å². The van der Waals surface area contributed by atoms with Crippen LogP contribution in [0.15, 0.2) is 30.5 Å². The molecule has 1 heterocycles. The molecule has 1 aliphatic rings. The van der Waals surface area contributed by atoms with Gasteiger partial charge in [-0.05, 0) is 61.3 Å². The third-order valence-corrected chi connectivity index (χ3v) is 4.91. The molecule has 1 aliphatic carbocycles. The predicted molar refractivity (Wildman–Crippen MR) is 90.1 cm³/mol. The zero-order chi connectivity index (χ0) is 18.7. The maximum atomic E-state index is 12.7. The number of pyridine rings is 1. The predicted octanol–water partition coefficient (Wildman–Crippen LogP) is 4.77. The van der Waals surface area contributed by atoms with E-state index in [9.17, 15) is 18.0 Å². The zero-order valence-electron chi connectivity index (χ0n) is 14.4. The number of methoxy groups -OCH3 is 1. The molecule has 1 saturated carbocycles. The summed E-state index contributed by atoms with van der Waals surface area (Å²) >= 11 is 0. The normalized spacial score (nSPS) is 20.8. The van der Waals surface area contributed by atoms with Crippen molar-refractivity contribution in [2.24, 2.45) is 11.8 Å². The quantitative estimate of drug-likeness (QED) is 0.731. The lowest BCUT2D eigenvalue weighted by Crippen LogP contribution is -2.29. The Morgan fingerprint density at radius 3 is 2.58 bits per heavy atom. The van der Waals surface area contributed by atoms with Gasteiger partial charge < -0.3 is 9.47 Å². The van der Waals surface area contributed by atoms with Gasteiger partial charge in [-0.25, -0.2) is 9.78 Å². The van der Waals surface area contributed by atoms with Crippen molar-refractivity contribution >= 4 is 16.7 Å². The molecule has 0 atom stereocenters. The van der Waals surface area contributed by atoms with Gasteiger partial charge in [0.1, 0.15) is 0 Å². The number of alkyl halides is 3. The molecule has 3 rings (SSSR count). The maximum absolute atomic E-state index is 12.7. The fourth-order valence-corrected chi connectivity index (χ4v) is 3.36. The summed E-state index contributed by atoms with van der Waals surface area (Å²) in [6, 6.07) is 6.84. The van der Waals surface area contributed by atoms with Crippen LogP contribution >= 0.6 is 0 Å². The van der Waals surface area contributed by atoms with Crippen LogP contribution in [0, 0.1) is 11.8 Å². The SMILES string of the molecule is COC(=O)c1ccc2c(OC[C@H]3CC[C@H](C(F)(F)F)CC3)nccc2c1. The Labute approximate surface area is 149 Å². The number of rotatable bonds is 4. The van der Waals surface area contributed by atoms with Gasteiger partial charge in [-0.15, -0.1) is 0 Å². The van der Waals surface area contributed by atoms with Crippen LogP contribution in [0.25, 0.3) is 10.8 Å². The molecule has 26 heavy (non-hydrogen) atoms. The first-order chi connectivity index (χ1) is 12.4. The number of carbonyl (C=O) groups excluding carboxylic acids is 1. The standard InChI is InChI=1S/C19H20F3NO3/c1-25-18(24)14-4-7-16-13(10-14)8-9-23-17(16)26-11-12-2-5-15(6-3-12)19(20,21)22/h4,7-10,12,15H,2-3,5-6,11H2,1H3/t12-,15-. The Bertz CT molecular complexity index is 783. The second-order valence-electron chi connectivity index (χ2n) is 6.61. The van der Waals surface area contributed by atoms with Crippen LogP contribution in [0.5, 0.6) is 5.88 Å². The highest BCUT2D eigenvalue weighted by atomic mass is 19.4. The van der Waals surface area contributed by atoms with Crippen LogP contribution in [0.2, 0.25) is 0 Å². The summed E-state index contributed by atoms with van der Waals surface area (Å²) in [5.41, 5.74) is 0.433. The minimum absolute atomic E-state index is 0.0972. The number of fused-ring (bicyclic) bond motifs is 1. The van der Waals surface area contributed by atoms with Gasteiger partial charge in [0.05, 0.1) is 25.2 Å². The molecule has 2 aromatic rings. The number of benzene rings is 1. The Hall–Kier alpha value is -2.31. The van der Waals surface area contributed by atoms with E-state index in [0.717, 1.165) is 10.8 Å². The smallest absolute Gasteiger partial charge is 0.391 e. The first-order valence-corrected chi connectivity index (χ1v) is 8.55. The highest BCUT2D eigenvalue weighted by Crippen LogP contribution is 2.39. The fourth-order valence-electron chi connectivity index (χ4n) is 3.36. The molecular weight excluding hydrogens is 347 g/mol. The van der Waals surface area contributed by atoms with E-state index in [1.54, 1.807) is 30.5 Å². The summed E-state index contributed by atoms with van der Waals surface area (Å²) < 4.78 is 48.7. The second-order valence-corrected chi connectivity index (χ2v) is 6.61. The van der Waals surface area contributed by atoms with Crippen molar-refractivity contribution in [1.29, 1.82) is 0 Å². The van der Waals surface area contributed by atoms with E-state index in [-0.39, 0.29) is 18.8 Å². The van der Waals surface area contributed by atoms with Crippen molar-refractivity contribution < 1.29 is 27.4 Å². The Kier molecular flexibility index (Phi) is 5.34. The van der Waals surface area contributed by atoms with Crippen molar-refractivity contribution in [2.45, 2.75) is 31.9 Å². The molecule has 0 aliphatic heterocycles. The third-order valence-electron chi connectivity index (χ3n) is 4.91. The van der Waals surface area contributed by atoms with Crippen LogP contribution in [0.4, 0.5) is 13.2 Å². The zero-order valence-corrected chi connectivity index (χ0v) is 14.4. The largest absolute Gasteiger partial charge is 0.477 e. The number of carbonyl (C=O) groups is 1. The van der Waals surface area contributed by atoms with Gasteiger partial charge in [-0.3, -0.25) is 0 Å². The number of ether oxygens (including phenoxy) is 2. The topological polar surface area (TPSA) is 48.4 Å². The number of esters is 1.